The average molecular weight is 477 g/mol. The number of carbonyl (C=O) groups excluding carboxylic acids is 2. The number of hydrogen-bond donors (Lipinski definition) is 3. The quantitative estimate of drug-likeness (QED) is 0.133. The SMILES string of the molecule is C=C(C=O)CO.C=C(CO)C(=O)OCCCC(CCCO)c1ccc(CCCCC)c(CC)c1. The van der Waals surface area contributed by atoms with Crippen molar-refractivity contribution < 1.29 is 29.6 Å². The van der Waals surface area contributed by atoms with Crippen LogP contribution in [0.4, 0.5) is 0 Å². The number of aliphatic hydroxyl groups excluding tert-OH is 3. The molecule has 1 rings (SSSR count). The molecule has 0 saturated heterocycles. The summed E-state index contributed by atoms with van der Waals surface area (Å²) >= 11 is 0. The molecule has 0 aromatic heterocycles. The van der Waals surface area contributed by atoms with Gasteiger partial charge in [-0.15, -0.1) is 0 Å². The molecule has 0 aliphatic carbocycles. The Bertz CT molecular complexity index is 740. The Morgan fingerprint density at radius 1 is 1.00 bits per heavy atom. The van der Waals surface area contributed by atoms with E-state index < -0.39 is 5.97 Å². The molecule has 1 unspecified atom stereocenters. The van der Waals surface area contributed by atoms with E-state index in [2.05, 4.69) is 45.2 Å². The van der Waals surface area contributed by atoms with Crippen molar-refractivity contribution in [3.05, 3.63) is 59.2 Å². The molecule has 34 heavy (non-hydrogen) atoms. The Balaban J connectivity index is 0.00000160. The topological polar surface area (TPSA) is 104 Å². The number of aryl methyl sites for hydroxylation is 2. The molecule has 0 saturated carbocycles. The van der Waals surface area contributed by atoms with Gasteiger partial charge in [-0.1, -0.05) is 58.0 Å². The molecule has 0 heterocycles. The summed E-state index contributed by atoms with van der Waals surface area (Å²) in [6.07, 6.45) is 9.78. The molecule has 0 aliphatic rings. The zero-order chi connectivity index (χ0) is 25.8. The van der Waals surface area contributed by atoms with Gasteiger partial charge < -0.3 is 20.1 Å². The number of aliphatic hydroxyl groups is 3. The van der Waals surface area contributed by atoms with Gasteiger partial charge in [0.25, 0.3) is 0 Å². The molecule has 1 atom stereocenters. The van der Waals surface area contributed by atoms with E-state index in [1.54, 1.807) is 0 Å². The maximum absolute atomic E-state index is 11.6. The number of rotatable bonds is 17. The molecular formula is C28H44O6. The molecule has 0 bridgehead atoms. The zero-order valence-corrected chi connectivity index (χ0v) is 21.1. The Hall–Kier alpha value is -2.28. The Kier molecular flexibility index (Phi) is 18.8. The first-order valence-corrected chi connectivity index (χ1v) is 12.3. The van der Waals surface area contributed by atoms with E-state index in [1.165, 1.54) is 36.0 Å². The second-order valence-corrected chi connectivity index (χ2v) is 8.38. The Labute approximate surface area is 205 Å². The zero-order valence-electron chi connectivity index (χ0n) is 21.1. The standard InChI is InChI=1S/C24H38O4.C4H6O2/c1-4-6-7-10-22-13-14-23(17-20(22)5-2)21(11-8-15-25)12-9-16-28-24(27)19(3)18-26;1-4(2-5)3-6/h13-14,17,21,25-26H,3-12,15-16,18H2,1-2H3;2,6H,1,3H2. The minimum atomic E-state index is -0.529. The summed E-state index contributed by atoms with van der Waals surface area (Å²) in [7, 11) is 0. The van der Waals surface area contributed by atoms with Gasteiger partial charge in [-0.2, -0.15) is 0 Å². The molecule has 0 amide bonds. The molecule has 6 heteroatoms. The lowest BCUT2D eigenvalue weighted by Crippen LogP contribution is -2.11. The molecule has 0 aliphatic heterocycles. The fourth-order valence-corrected chi connectivity index (χ4v) is 3.55. The number of unbranched alkanes of at least 4 members (excludes halogenated alkanes) is 2. The monoisotopic (exact) mass is 476 g/mol. The van der Waals surface area contributed by atoms with Gasteiger partial charge in [0.15, 0.2) is 0 Å². The third-order valence-corrected chi connectivity index (χ3v) is 5.62. The van der Waals surface area contributed by atoms with Gasteiger partial charge in [0, 0.05) is 12.2 Å². The van der Waals surface area contributed by atoms with Crippen LogP contribution in [-0.2, 0) is 27.2 Å². The number of hydrogen-bond acceptors (Lipinski definition) is 6. The highest BCUT2D eigenvalue weighted by atomic mass is 16.5. The molecule has 3 N–H and O–H groups in total. The van der Waals surface area contributed by atoms with Crippen molar-refractivity contribution in [3.63, 3.8) is 0 Å². The number of aldehydes is 1. The van der Waals surface area contributed by atoms with Crippen LogP contribution in [-0.4, -0.2) is 54.0 Å². The first kappa shape index (κ1) is 31.7. The highest BCUT2D eigenvalue weighted by Crippen LogP contribution is 2.29. The van der Waals surface area contributed by atoms with Gasteiger partial charge >= 0.3 is 5.97 Å². The second kappa shape index (κ2) is 20.1. The van der Waals surface area contributed by atoms with Crippen molar-refractivity contribution in [2.24, 2.45) is 0 Å². The van der Waals surface area contributed by atoms with Crippen molar-refractivity contribution >= 4 is 12.3 Å². The summed E-state index contributed by atoms with van der Waals surface area (Å²) in [6, 6.07) is 6.85. The van der Waals surface area contributed by atoms with Crippen LogP contribution in [0.1, 0.15) is 81.4 Å². The third-order valence-electron chi connectivity index (χ3n) is 5.62. The van der Waals surface area contributed by atoms with Crippen LogP contribution in [0.15, 0.2) is 42.5 Å². The summed E-state index contributed by atoms with van der Waals surface area (Å²) in [5.41, 5.74) is 4.50. The Morgan fingerprint density at radius 3 is 2.24 bits per heavy atom. The van der Waals surface area contributed by atoms with Crippen LogP contribution in [0.5, 0.6) is 0 Å². The van der Waals surface area contributed by atoms with Crippen LogP contribution < -0.4 is 0 Å². The molecule has 0 fully saturated rings. The fourth-order valence-electron chi connectivity index (χ4n) is 3.55. The number of benzene rings is 1. The number of esters is 1. The van der Waals surface area contributed by atoms with Crippen molar-refractivity contribution in [3.8, 4) is 0 Å². The van der Waals surface area contributed by atoms with E-state index in [-0.39, 0.29) is 31.0 Å². The largest absolute Gasteiger partial charge is 0.462 e. The lowest BCUT2D eigenvalue weighted by molar-refractivity contribution is -0.139. The van der Waals surface area contributed by atoms with Gasteiger partial charge in [0.05, 0.1) is 25.4 Å². The van der Waals surface area contributed by atoms with Crippen molar-refractivity contribution in [1.29, 1.82) is 0 Å². The molecule has 6 nitrogen and oxygen atoms in total. The van der Waals surface area contributed by atoms with E-state index in [0.29, 0.717) is 18.8 Å². The predicted molar refractivity (Wildman–Crippen MR) is 137 cm³/mol. The molecule has 0 radical (unpaired) electrons. The first-order chi connectivity index (χ1) is 16.4. The summed E-state index contributed by atoms with van der Waals surface area (Å²) in [6.45, 7) is 11.0. The second-order valence-electron chi connectivity index (χ2n) is 8.38. The first-order valence-electron chi connectivity index (χ1n) is 12.3. The summed E-state index contributed by atoms with van der Waals surface area (Å²) in [5.74, 6) is -0.180. The van der Waals surface area contributed by atoms with Crippen LogP contribution in [0, 0.1) is 0 Å². The molecule has 192 valence electrons. The van der Waals surface area contributed by atoms with E-state index >= 15 is 0 Å². The molecular weight excluding hydrogens is 432 g/mol. The minimum absolute atomic E-state index is 0.0862. The van der Waals surface area contributed by atoms with Crippen LogP contribution in [0.3, 0.4) is 0 Å². The lowest BCUT2D eigenvalue weighted by Gasteiger charge is -2.19. The van der Waals surface area contributed by atoms with Gasteiger partial charge in [-0.3, -0.25) is 4.79 Å². The van der Waals surface area contributed by atoms with Gasteiger partial charge in [-0.25, -0.2) is 4.79 Å². The van der Waals surface area contributed by atoms with E-state index in [9.17, 15) is 14.7 Å². The summed E-state index contributed by atoms with van der Waals surface area (Å²) in [4.78, 5) is 21.1. The molecule has 1 aromatic rings. The van der Waals surface area contributed by atoms with E-state index in [1.807, 2.05) is 0 Å². The summed E-state index contributed by atoms with van der Waals surface area (Å²) < 4.78 is 5.16. The van der Waals surface area contributed by atoms with Crippen LogP contribution in [0.2, 0.25) is 0 Å². The van der Waals surface area contributed by atoms with Crippen molar-refractivity contribution in [1.82, 2.24) is 0 Å². The van der Waals surface area contributed by atoms with E-state index in [4.69, 9.17) is 14.9 Å². The average Bonchev–Trinajstić information content (AvgIpc) is 2.87. The van der Waals surface area contributed by atoms with E-state index in [0.717, 1.165) is 38.5 Å². The number of carbonyl (C=O) groups is 2. The Morgan fingerprint density at radius 2 is 1.71 bits per heavy atom. The predicted octanol–water partition coefficient (Wildman–Crippen LogP) is 4.44. The van der Waals surface area contributed by atoms with Crippen LogP contribution >= 0.6 is 0 Å². The molecule has 0 spiro atoms. The summed E-state index contributed by atoms with van der Waals surface area (Å²) in [5, 5.41) is 26.2. The maximum Gasteiger partial charge on any atom is 0.335 e. The maximum atomic E-state index is 11.6. The smallest absolute Gasteiger partial charge is 0.335 e. The lowest BCUT2D eigenvalue weighted by atomic mass is 9.87. The van der Waals surface area contributed by atoms with Crippen LogP contribution in [0.25, 0.3) is 0 Å². The van der Waals surface area contributed by atoms with Gasteiger partial charge in [-0.05, 0) is 67.6 Å². The van der Waals surface area contributed by atoms with Crippen molar-refractivity contribution in [2.75, 3.05) is 26.4 Å². The van der Waals surface area contributed by atoms with Gasteiger partial charge in [0.1, 0.15) is 6.29 Å². The van der Waals surface area contributed by atoms with Crippen molar-refractivity contribution in [2.45, 2.75) is 77.6 Å². The normalized spacial score (nSPS) is 11.2. The highest BCUT2D eigenvalue weighted by Gasteiger charge is 2.14. The fraction of sp³-hybridized carbons (Fsp3) is 0.571. The highest BCUT2D eigenvalue weighted by molar-refractivity contribution is 5.87. The third kappa shape index (κ3) is 13.4. The van der Waals surface area contributed by atoms with Gasteiger partial charge in [0.2, 0.25) is 0 Å². The molecule has 1 aromatic carbocycles. The number of ether oxygens (including phenoxy) is 1. The minimum Gasteiger partial charge on any atom is -0.462 e.